The highest BCUT2D eigenvalue weighted by Gasteiger charge is 2.27. The molecule has 0 N–H and O–H groups in total. The van der Waals surface area contributed by atoms with Crippen molar-refractivity contribution < 1.29 is 0 Å². The molecule has 2 aromatic heterocycles. The molecule has 1 saturated heterocycles. The van der Waals surface area contributed by atoms with Crippen LogP contribution in [0.3, 0.4) is 0 Å². The molecule has 1 aliphatic heterocycles. The van der Waals surface area contributed by atoms with Gasteiger partial charge in [0.2, 0.25) is 0 Å². The molecule has 0 bridgehead atoms. The molecule has 1 aliphatic rings. The molecule has 0 spiro atoms. The summed E-state index contributed by atoms with van der Waals surface area (Å²) in [7, 11) is 0. The Morgan fingerprint density at radius 2 is 1.73 bits per heavy atom. The smallest absolute Gasteiger partial charge is 0.159 e. The van der Waals surface area contributed by atoms with Crippen molar-refractivity contribution in [3.05, 3.63) is 66.2 Å². The van der Waals surface area contributed by atoms with Crippen LogP contribution in [0.25, 0.3) is 22.5 Å². The molecule has 0 amide bonds. The van der Waals surface area contributed by atoms with E-state index >= 15 is 0 Å². The minimum Gasteiger partial charge on any atom is -0.303 e. The monoisotopic (exact) mass is 400 g/mol. The number of aromatic nitrogens is 3. The topological polar surface area (TPSA) is 41.9 Å². The minimum absolute atomic E-state index is 0.336. The summed E-state index contributed by atoms with van der Waals surface area (Å²) in [5.74, 6) is 1.25. The van der Waals surface area contributed by atoms with Gasteiger partial charge in [0, 0.05) is 42.2 Å². The summed E-state index contributed by atoms with van der Waals surface area (Å²) in [5, 5.41) is 0. The third-order valence-electron chi connectivity index (χ3n) is 5.76. The predicted molar refractivity (Wildman–Crippen MR) is 123 cm³/mol. The number of nitrogens with zero attached hydrogens (tertiary/aromatic N) is 4. The van der Waals surface area contributed by atoms with Crippen LogP contribution in [0.2, 0.25) is 0 Å². The van der Waals surface area contributed by atoms with Crippen molar-refractivity contribution in [3.63, 3.8) is 0 Å². The number of aryl methyl sites for hydroxylation is 1. The molecule has 4 heteroatoms. The van der Waals surface area contributed by atoms with E-state index in [2.05, 4.69) is 61.8 Å². The van der Waals surface area contributed by atoms with Crippen molar-refractivity contribution in [1.82, 2.24) is 19.9 Å². The quantitative estimate of drug-likeness (QED) is 0.560. The zero-order chi connectivity index (χ0) is 21.1. The van der Waals surface area contributed by atoms with Gasteiger partial charge in [-0.2, -0.15) is 0 Å². The van der Waals surface area contributed by atoms with Crippen LogP contribution in [0, 0.1) is 12.3 Å². The molecule has 1 fully saturated rings. The zero-order valence-corrected chi connectivity index (χ0v) is 18.6. The number of benzene rings is 1. The van der Waals surface area contributed by atoms with Crippen molar-refractivity contribution in [1.29, 1.82) is 0 Å². The Balaban J connectivity index is 1.67. The Kier molecular flexibility index (Phi) is 5.96. The maximum Gasteiger partial charge on any atom is 0.159 e. The van der Waals surface area contributed by atoms with Gasteiger partial charge in [-0.3, -0.25) is 4.98 Å². The van der Waals surface area contributed by atoms with E-state index in [-0.39, 0.29) is 0 Å². The standard InChI is InChI=1S/C26H32N4/c1-19-6-5-7-22(16-19)23-17-28-25(21-8-12-27-13-9-21)29-24(23)20-10-14-30(15-11-20)18-26(2,3)4/h5-9,12-13,16-17,20H,10-11,14-15,18H2,1-4H3. The fourth-order valence-corrected chi connectivity index (χ4v) is 4.42. The van der Waals surface area contributed by atoms with Gasteiger partial charge in [-0.15, -0.1) is 0 Å². The van der Waals surface area contributed by atoms with E-state index in [1.807, 2.05) is 18.3 Å². The van der Waals surface area contributed by atoms with Crippen LogP contribution in [-0.4, -0.2) is 39.5 Å². The van der Waals surface area contributed by atoms with E-state index in [4.69, 9.17) is 9.97 Å². The fourth-order valence-electron chi connectivity index (χ4n) is 4.42. The largest absolute Gasteiger partial charge is 0.303 e. The summed E-state index contributed by atoms with van der Waals surface area (Å²) in [6, 6.07) is 12.6. The first-order valence-corrected chi connectivity index (χ1v) is 11.0. The zero-order valence-electron chi connectivity index (χ0n) is 18.6. The van der Waals surface area contributed by atoms with Gasteiger partial charge in [0.15, 0.2) is 5.82 Å². The first-order chi connectivity index (χ1) is 14.4. The highest BCUT2D eigenvalue weighted by molar-refractivity contribution is 5.68. The number of likely N-dealkylation sites (tertiary alicyclic amines) is 1. The molecular weight excluding hydrogens is 368 g/mol. The average molecular weight is 401 g/mol. The summed E-state index contributed by atoms with van der Waals surface area (Å²) in [6.45, 7) is 12.5. The molecular formula is C26H32N4. The second-order valence-corrected chi connectivity index (χ2v) is 9.71. The number of hydrogen-bond donors (Lipinski definition) is 0. The Morgan fingerprint density at radius 3 is 2.40 bits per heavy atom. The fraction of sp³-hybridized carbons (Fsp3) is 0.423. The lowest BCUT2D eigenvalue weighted by atomic mass is 9.87. The number of hydrogen-bond acceptors (Lipinski definition) is 4. The molecule has 0 atom stereocenters. The van der Waals surface area contributed by atoms with E-state index < -0.39 is 0 Å². The summed E-state index contributed by atoms with van der Waals surface area (Å²) in [6.07, 6.45) is 7.91. The molecule has 30 heavy (non-hydrogen) atoms. The van der Waals surface area contributed by atoms with Crippen molar-refractivity contribution in [2.45, 2.75) is 46.5 Å². The van der Waals surface area contributed by atoms with Gasteiger partial charge < -0.3 is 4.90 Å². The van der Waals surface area contributed by atoms with E-state index in [1.54, 1.807) is 12.4 Å². The van der Waals surface area contributed by atoms with Crippen molar-refractivity contribution >= 4 is 0 Å². The maximum atomic E-state index is 5.11. The molecule has 0 saturated carbocycles. The van der Waals surface area contributed by atoms with Crippen LogP contribution in [-0.2, 0) is 0 Å². The maximum absolute atomic E-state index is 5.11. The van der Waals surface area contributed by atoms with Gasteiger partial charge in [-0.05, 0) is 56.0 Å². The summed E-state index contributed by atoms with van der Waals surface area (Å²) in [4.78, 5) is 16.6. The Hall–Kier alpha value is -2.59. The van der Waals surface area contributed by atoms with E-state index in [0.717, 1.165) is 43.9 Å². The average Bonchev–Trinajstić information content (AvgIpc) is 2.73. The number of pyridine rings is 1. The summed E-state index contributed by atoms with van der Waals surface area (Å²) < 4.78 is 0. The summed E-state index contributed by atoms with van der Waals surface area (Å²) in [5.41, 5.74) is 6.19. The van der Waals surface area contributed by atoms with Crippen LogP contribution in [0.1, 0.15) is 50.8 Å². The van der Waals surface area contributed by atoms with Crippen molar-refractivity contribution in [2.24, 2.45) is 5.41 Å². The third kappa shape index (κ3) is 4.93. The minimum atomic E-state index is 0.336. The molecule has 1 aromatic carbocycles. The summed E-state index contributed by atoms with van der Waals surface area (Å²) >= 11 is 0. The van der Waals surface area contributed by atoms with Gasteiger partial charge in [0.1, 0.15) is 0 Å². The highest BCUT2D eigenvalue weighted by atomic mass is 15.1. The van der Waals surface area contributed by atoms with Crippen LogP contribution >= 0.6 is 0 Å². The molecule has 4 rings (SSSR count). The van der Waals surface area contributed by atoms with Crippen molar-refractivity contribution in [3.8, 4) is 22.5 Å². The number of rotatable bonds is 4. The second kappa shape index (κ2) is 8.65. The van der Waals surface area contributed by atoms with Crippen LogP contribution < -0.4 is 0 Å². The van der Waals surface area contributed by atoms with E-state index in [9.17, 15) is 0 Å². The first-order valence-electron chi connectivity index (χ1n) is 11.0. The number of piperidine rings is 1. The Bertz CT molecular complexity index is 983. The van der Waals surface area contributed by atoms with Gasteiger partial charge in [-0.1, -0.05) is 50.6 Å². The second-order valence-electron chi connectivity index (χ2n) is 9.71. The van der Waals surface area contributed by atoms with Gasteiger partial charge in [-0.25, -0.2) is 9.97 Å². The van der Waals surface area contributed by atoms with Crippen LogP contribution in [0.5, 0.6) is 0 Å². The first kappa shape index (κ1) is 20.7. The molecule has 4 nitrogen and oxygen atoms in total. The lowest BCUT2D eigenvalue weighted by Crippen LogP contribution is -2.38. The third-order valence-corrected chi connectivity index (χ3v) is 5.76. The molecule has 3 aromatic rings. The highest BCUT2D eigenvalue weighted by Crippen LogP contribution is 2.35. The normalized spacial score (nSPS) is 16.0. The van der Waals surface area contributed by atoms with Crippen LogP contribution in [0.4, 0.5) is 0 Å². The molecule has 156 valence electrons. The molecule has 3 heterocycles. The van der Waals surface area contributed by atoms with Crippen LogP contribution in [0.15, 0.2) is 55.0 Å². The molecule has 0 aliphatic carbocycles. The molecule has 0 radical (unpaired) electrons. The van der Waals surface area contributed by atoms with Gasteiger partial charge >= 0.3 is 0 Å². The van der Waals surface area contributed by atoms with E-state index in [1.165, 1.54) is 22.4 Å². The van der Waals surface area contributed by atoms with Crippen molar-refractivity contribution in [2.75, 3.05) is 19.6 Å². The predicted octanol–water partition coefficient (Wildman–Crippen LogP) is 5.74. The van der Waals surface area contributed by atoms with E-state index in [0.29, 0.717) is 11.3 Å². The lowest BCUT2D eigenvalue weighted by molar-refractivity contribution is 0.153. The Labute approximate surface area is 180 Å². The lowest BCUT2D eigenvalue weighted by Gasteiger charge is -2.36. The molecule has 0 unspecified atom stereocenters. The van der Waals surface area contributed by atoms with Gasteiger partial charge in [0.25, 0.3) is 0 Å². The SMILES string of the molecule is Cc1cccc(-c2cnc(-c3ccncc3)nc2C2CCN(CC(C)(C)C)CC2)c1. The Morgan fingerprint density at radius 1 is 1.00 bits per heavy atom. The van der Waals surface area contributed by atoms with Gasteiger partial charge in [0.05, 0.1) is 5.69 Å².